The highest BCUT2D eigenvalue weighted by molar-refractivity contribution is 6.88. The van der Waals surface area contributed by atoms with Gasteiger partial charge in [-0.3, -0.25) is 0 Å². The second-order valence-corrected chi connectivity index (χ2v) is 27.7. The summed E-state index contributed by atoms with van der Waals surface area (Å²) in [4.78, 5) is 2.50. The number of fused-ring (bicyclic) bond motifs is 6. The Balaban J connectivity index is 1.18. The van der Waals surface area contributed by atoms with E-state index in [4.69, 9.17) is 0 Å². The molecule has 0 bridgehead atoms. The van der Waals surface area contributed by atoms with E-state index in [0.29, 0.717) is 0 Å². The Morgan fingerprint density at radius 2 is 0.681 bits per heavy atom. The number of para-hydroxylation sites is 1. The van der Waals surface area contributed by atoms with Gasteiger partial charge in [0, 0.05) is 17.1 Å². The van der Waals surface area contributed by atoms with E-state index in [-0.39, 0.29) is 10.8 Å². The smallest absolute Gasteiger partial charge is 0.0776 e. The summed E-state index contributed by atoms with van der Waals surface area (Å²) in [6, 6.07) is 83.6. The Kier molecular flexibility index (Phi) is 10.5. The molecule has 2 unspecified atom stereocenters. The van der Waals surface area contributed by atoms with Crippen LogP contribution in [0.3, 0.4) is 0 Å². The molecule has 0 heterocycles. The lowest BCUT2D eigenvalue weighted by atomic mass is 9.67. The molecular formula is C67H63NSi. The molecule has 0 amide bonds. The lowest BCUT2D eigenvalue weighted by molar-refractivity contribution is 0.589. The second kappa shape index (κ2) is 16.3. The number of hydrogen-bond donors (Lipinski definition) is 0. The van der Waals surface area contributed by atoms with Crippen molar-refractivity contribution in [2.45, 2.75) is 82.8 Å². The molecule has 0 fully saturated rings. The van der Waals surface area contributed by atoms with Crippen molar-refractivity contribution in [1.82, 2.24) is 0 Å². The summed E-state index contributed by atoms with van der Waals surface area (Å²) in [6.07, 6.45) is 0. The topological polar surface area (TPSA) is 3.24 Å². The standard InChI is InChI=1S/C67H63NSi/c1-64(2,3)46-29-33-50(34-30-46)66(48-21-13-10-14-22-48)60-28-20-19-27-56(60)57-40-37-53(43-61(57)66)68(52-25-17-12-18-26-52)54-38-41-58-59-42-39-55(69(7,8)9)45-63(59)67(62(58)44-54,49-23-15-11-16-24-49)51-35-31-47(32-36-51)65(4,5)6/h10-45H,1-9H3. The van der Waals surface area contributed by atoms with Gasteiger partial charge in [-0.15, -0.1) is 0 Å². The normalized spacial score (nSPS) is 17.2. The van der Waals surface area contributed by atoms with E-state index in [1.54, 1.807) is 0 Å². The van der Waals surface area contributed by atoms with E-state index < -0.39 is 18.9 Å². The zero-order valence-corrected chi connectivity index (χ0v) is 42.7. The number of rotatable bonds is 8. The fraction of sp³-hybridized carbons (Fsp3) is 0.194. The maximum atomic E-state index is 2.58. The molecule has 340 valence electrons. The monoisotopic (exact) mass is 909 g/mol. The summed E-state index contributed by atoms with van der Waals surface area (Å²) in [5.74, 6) is 0. The zero-order valence-electron chi connectivity index (χ0n) is 41.7. The highest BCUT2D eigenvalue weighted by atomic mass is 28.3. The van der Waals surface area contributed by atoms with Gasteiger partial charge in [-0.25, -0.2) is 0 Å². The molecule has 2 aliphatic carbocycles. The minimum atomic E-state index is -1.71. The van der Waals surface area contributed by atoms with Crippen molar-refractivity contribution in [3.63, 3.8) is 0 Å². The van der Waals surface area contributed by atoms with Crippen molar-refractivity contribution >= 4 is 30.3 Å². The summed E-state index contributed by atoms with van der Waals surface area (Å²) in [7, 11) is -1.71. The van der Waals surface area contributed by atoms with Gasteiger partial charge in [0.1, 0.15) is 0 Å². The van der Waals surface area contributed by atoms with Crippen LogP contribution < -0.4 is 10.1 Å². The van der Waals surface area contributed by atoms with Gasteiger partial charge in [-0.1, -0.05) is 248 Å². The molecule has 9 aromatic carbocycles. The first kappa shape index (κ1) is 44.5. The molecule has 11 rings (SSSR count). The minimum Gasteiger partial charge on any atom is -0.310 e. The van der Waals surface area contributed by atoms with Crippen molar-refractivity contribution in [1.29, 1.82) is 0 Å². The largest absolute Gasteiger partial charge is 0.310 e. The molecule has 0 N–H and O–H groups in total. The van der Waals surface area contributed by atoms with Gasteiger partial charge < -0.3 is 4.90 Å². The Morgan fingerprint density at radius 3 is 1.13 bits per heavy atom. The van der Waals surface area contributed by atoms with E-state index in [0.717, 1.165) is 17.1 Å². The molecule has 2 atom stereocenters. The summed E-state index contributed by atoms with van der Waals surface area (Å²) in [6.45, 7) is 21.2. The molecular weight excluding hydrogens is 847 g/mol. The molecule has 0 saturated carbocycles. The van der Waals surface area contributed by atoms with Crippen LogP contribution in [0.25, 0.3) is 22.3 Å². The fourth-order valence-corrected chi connectivity index (χ4v) is 12.9. The van der Waals surface area contributed by atoms with E-state index in [9.17, 15) is 0 Å². The van der Waals surface area contributed by atoms with Crippen LogP contribution in [0.4, 0.5) is 17.1 Å². The van der Waals surface area contributed by atoms with Crippen molar-refractivity contribution < 1.29 is 0 Å². The molecule has 9 aromatic rings. The van der Waals surface area contributed by atoms with Crippen LogP contribution >= 0.6 is 0 Å². The zero-order chi connectivity index (χ0) is 47.9. The molecule has 2 heteroatoms. The van der Waals surface area contributed by atoms with E-state index >= 15 is 0 Å². The molecule has 0 spiro atoms. The molecule has 0 radical (unpaired) electrons. The van der Waals surface area contributed by atoms with Gasteiger partial charge in [0.05, 0.1) is 18.9 Å². The molecule has 69 heavy (non-hydrogen) atoms. The highest BCUT2D eigenvalue weighted by Crippen LogP contribution is 2.60. The van der Waals surface area contributed by atoms with Crippen molar-refractivity contribution in [2.24, 2.45) is 0 Å². The lowest BCUT2D eigenvalue weighted by Crippen LogP contribution is -2.39. The number of nitrogens with zero attached hydrogens (tertiary/aromatic N) is 1. The van der Waals surface area contributed by atoms with E-state index in [2.05, 4.69) is 284 Å². The van der Waals surface area contributed by atoms with E-state index in [1.165, 1.54) is 83.1 Å². The maximum absolute atomic E-state index is 2.58. The fourth-order valence-electron chi connectivity index (χ4n) is 11.7. The third kappa shape index (κ3) is 7.09. The maximum Gasteiger partial charge on any atom is 0.0776 e. The lowest BCUT2D eigenvalue weighted by Gasteiger charge is -2.36. The Hall–Kier alpha value is -7.00. The van der Waals surface area contributed by atoms with Crippen LogP contribution in [0.5, 0.6) is 0 Å². The van der Waals surface area contributed by atoms with Crippen molar-refractivity contribution in [2.75, 3.05) is 4.90 Å². The predicted molar refractivity (Wildman–Crippen MR) is 296 cm³/mol. The van der Waals surface area contributed by atoms with Crippen LogP contribution in [-0.2, 0) is 21.7 Å². The van der Waals surface area contributed by atoms with Crippen LogP contribution in [0.1, 0.15) is 97.2 Å². The van der Waals surface area contributed by atoms with Crippen LogP contribution in [-0.4, -0.2) is 8.07 Å². The van der Waals surface area contributed by atoms with Crippen LogP contribution in [0.15, 0.2) is 218 Å². The molecule has 0 aliphatic heterocycles. The molecule has 2 aliphatic rings. The van der Waals surface area contributed by atoms with Gasteiger partial charge in [0.2, 0.25) is 0 Å². The second-order valence-electron chi connectivity index (χ2n) is 22.6. The molecule has 0 aromatic heterocycles. The third-order valence-corrected chi connectivity index (χ3v) is 17.4. The van der Waals surface area contributed by atoms with E-state index in [1.807, 2.05) is 0 Å². The van der Waals surface area contributed by atoms with Gasteiger partial charge >= 0.3 is 0 Å². The highest BCUT2D eigenvalue weighted by Gasteiger charge is 2.49. The Bertz CT molecular complexity index is 3350. The number of hydrogen-bond acceptors (Lipinski definition) is 1. The minimum absolute atomic E-state index is 0.0312. The first-order chi connectivity index (χ1) is 33.1. The van der Waals surface area contributed by atoms with Crippen molar-refractivity contribution in [3.05, 3.63) is 274 Å². The Labute approximate surface area is 412 Å². The average molecular weight is 910 g/mol. The number of anilines is 3. The van der Waals surface area contributed by atoms with Crippen LogP contribution in [0, 0.1) is 0 Å². The summed E-state index contributed by atoms with van der Waals surface area (Å²) < 4.78 is 0. The SMILES string of the molecule is CC(C)(C)c1ccc(C2(c3ccccc3)c3ccccc3-c3ccc(N(c4ccccc4)c4ccc5c(c4)C(c4ccccc4)(c4ccc(C(C)(C)C)cc4)c4cc([Si](C)(C)C)ccc4-5)cc32)cc1. The van der Waals surface area contributed by atoms with Gasteiger partial charge in [0.15, 0.2) is 0 Å². The quantitative estimate of drug-likeness (QED) is 0.137. The van der Waals surface area contributed by atoms with Gasteiger partial charge in [0.25, 0.3) is 0 Å². The van der Waals surface area contributed by atoms with Crippen LogP contribution in [0.2, 0.25) is 19.6 Å². The summed E-state index contributed by atoms with van der Waals surface area (Å²) >= 11 is 0. The molecule has 1 nitrogen and oxygen atoms in total. The summed E-state index contributed by atoms with van der Waals surface area (Å²) in [5.41, 5.74) is 20.6. The third-order valence-electron chi connectivity index (χ3n) is 15.3. The molecule has 0 saturated heterocycles. The van der Waals surface area contributed by atoms with Crippen molar-refractivity contribution in [3.8, 4) is 22.3 Å². The first-order valence-electron chi connectivity index (χ1n) is 24.8. The average Bonchev–Trinajstić information content (AvgIpc) is 3.82. The predicted octanol–water partition coefficient (Wildman–Crippen LogP) is 17.0. The van der Waals surface area contributed by atoms with Gasteiger partial charge in [-0.05, 0) is 125 Å². The number of benzene rings is 9. The summed E-state index contributed by atoms with van der Waals surface area (Å²) in [5, 5.41) is 1.47. The Morgan fingerprint density at radius 1 is 0.319 bits per heavy atom. The first-order valence-corrected chi connectivity index (χ1v) is 28.3. The van der Waals surface area contributed by atoms with Gasteiger partial charge in [-0.2, -0.15) is 0 Å².